The SMILES string of the molecule is CCCCCCCCC1(CCCCCCCC)c2cc3c(cc2-c2c1cc(-c1ccc(-c4ccccc4)cc1)c1oc4ccccc4c21)C(CCCCCCCC)(CCCCCCCC)c1cc(-c2ccc(-c4ccccc4)cc2)c2oc4ccccc4c2c1-3. The zero-order valence-electron chi connectivity index (χ0n) is 54.9. The third-order valence-electron chi connectivity index (χ3n) is 21.5. The van der Waals surface area contributed by atoms with Crippen molar-refractivity contribution in [2.45, 2.75) is 218 Å². The molecule has 0 amide bonds. The third-order valence-corrected chi connectivity index (χ3v) is 21.5. The first-order valence-corrected chi connectivity index (χ1v) is 36.0. The van der Waals surface area contributed by atoms with Crippen molar-refractivity contribution in [3.05, 3.63) is 204 Å². The molecule has 2 aliphatic rings. The zero-order chi connectivity index (χ0) is 61.3. The average Bonchev–Trinajstić information content (AvgIpc) is 1.52. The number of benzene rings is 9. The van der Waals surface area contributed by atoms with E-state index < -0.39 is 0 Å². The molecule has 2 heterocycles. The number of hydrogen-bond donors (Lipinski definition) is 0. The maximum Gasteiger partial charge on any atom is 0.143 e. The molecule has 13 rings (SSSR count). The number of unbranched alkanes of at least 4 members (excludes halogenated alkanes) is 20. The van der Waals surface area contributed by atoms with Crippen LogP contribution in [0.25, 0.3) is 111 Å². The second kappa shape index (κ2) is 28.4. The molecule has 0 spiro atoms. The van der Waals surface area contributed by atoms with Crippen LogP contribution in [-0.2, 0) is 10.8 Å². The van der Waals surface area contributed by atoms with E-state index in [1.165, 1.54) is 254 Å². The van der Waals surface area contributed by atoms with Gasteiger partial charge in [0.1, 0.15) is 22.3 Å². The highest BCUT2D eigenvalue weighted by Gasteiger charge is 2.50. The van der Waals surface area contributed by atoms with Gasteiger partial charge in [-0.2, -0.15) is 0 Å². The lowest BCUT2D eigenvalue weighted by atomic mass is 9.68. The van der Waals surface area contributed by atoms with Crippen molar-refractivity contribution in [1.82, 2.24) is 0 Å². The predicted octanol–water partition coefficient (Wildman–Crippen LogP) is 27.7. The van der Waals surface area contributed by atoms with Gasteiger partial charge in [0.25, 0.3) is 0 Å². The molecule has 0 saturated heterocycles. The van der Waals surface area contributed by atoms with Crippen molar-refractivity contribution in [3.8, 4) is 66.8 Å². The topological polar surface area (TPSA) is 26.3 Å². The molecule has 2 heteroatoms. The van der Waals surface area contributed by atoms with Crippen molar-refractivity contribution in [2.75, 3.05) is 0 Å². The monoisotopic (exact) mass is 1190 g/mol. The van der Waals surface area contributed by atoms with E-state index in [-0.39, 0.29) is 10.8 Å². The van der Waals surface area contributed by atoms with Gasteiger partial charge in [-0.15, -0.1) is 0 Å². The fourth-order valence-corrected chi connectivity index (χ4v) is 16.7. The first-order valence-electron chi connectivity index (χ1n) is 36.0. The van der Waals surface area contributed by atoms with Crippen LogP contribution in [0, 0.1) is 0 Å². The van der Waals surface area contributed by atoms with E-state index in [9.17, 15) is 0 Å². The summed E-state index contributed by atoms with van der Waals surface area (Å²) in [6, 6.07) is 69.7. The van der Waals surface area contributed by atoms with Crippen LogP contribution >= 0.6 is 0 Å². The molecule has 0 saturated carbocycles. The molecule has 9 aromatic carbocycles. The van der Waals surface area contributed by atoms with E-state index in [1.54, 1.807) is 11.1 Å². The molecule has 2 nitrogen and oxygen atoms in total. The van der Waals surface area contributed by atoms with Gasteiger partial charge >= 0.3 is 0 Å². The lowest BCUT2D eigenvalue weighted by Crippen LogP contribution is -2.27. The maximum atomic E-state index is 7.36. The molecule has 0 radical (unpaired) electrons. The number of para-hydroxylation sites is 2. The smallest absolute Gasteiger partial charge is 0.143 e. The summed E-state index contributed by atoms with van der Waals surface area (Å²) in [6.07, 6.45) is 35.2. The minimum atomic E-state index is -0.206. The van der Waals surface area contributed by atoms with Crippen LogP contribution in [-0.4, -0.2) is 0 Å². The second-order valence-corrected chi connectivity index (χ2v) is 27.4. The van der Waals surface area contributed by atoms with E-state index in [0.29, 0.717) is 0 Å². The summed E-state index contributed by atoms with van der Waals surface area (Å²) in [6.45, 7) is 9.41. The van der Waals surface area contributed by atoms with E-state index in [1.807, 2.05) is 0 Å². The maximum absolute atomic E-state index is 7.36. The van der Waals surface area contributed by atoms with Gasteiger partial charge in [0.15, 0.2) is 0 Å². The Kier molecular flexibility index (Phi) is 19.4. The van der Waals surface area contributed by atoms with Gasteiger partial charge in [-0.1, -0.05) is 327 Å². The second-order valence-electron chi connectivity index (χ2n) is 27.4. The lowest BCUT2D eigenvalue weighted by molar-refractivity contribution is 0.394. The predicted molar refractivity (Wildman–Crippen MR) is 387 cm³/mol. The highest BCUT2D eigenvalue weighted by atomic mass is 16.3. The zero-order valence-corrected chi connectivity index (χ0v) is 54.9. The van der Waals surface area contributed by atoms with Gasteiger partial charge in [-0.05, 0) is 140 Å². The summed E-state index contributed by atoms with van der Waals surface area (Å²) >= 11 is 0. The highest BCUT2D eigenvalue weighted by Crippen LogP contribution is 2.65. The summed E-state index contributed by atoms with van der Waals surface area (Å²) < 4.78 is 14.7. The van der Waals surface area contributed by atoms with Gasteiger partial charge < -0.3 is 8.83 Å². The minimum absolute atomic E-state index is 0.206. The fraction of sp³-hybridized carbons (Fsp3) is 0.386. The number of fused-ring (bicyclic) bond motifs is 14. The van der Waals surface area contributed by atoms with Crippen molar-refractivity contribution < 1.29 is 8.83 Å². The first-order chi connectivity index (χ1) is 44.5. The molecule has 2 aliphatic carbocycles. The molecular weight excluding hydrogens is 1090 g/mol. The third kappa shape index (κ3) is 12.0. The van der Waals surface area contributed by atoms with Gasteiger partial charge in [0.05, 0.1) is 0 Å². The van der Waals surface area contributed by atoms with Crippen molar-refractivity contribution in [3.63, 3.8) is 0 Å². The molecule has 0 unspecified atom stereocenters. The first kappa shape index (κ1) is 61.4. The van der Waals surface area contributed by atoms with E-state index in [4.69, 9.17) is 8.83 Å². The quantitative estimate of drug-likeness (QED) is 0.0393. The Morgan fingerprint density at radius 2 is 0.533 bits per heavy atom. The van der Waals surface area contributed by atoms with Crippen LogP contribution in [0.3, 0.4) is 0 Å². The van der Waals surface area contributed by atoms with E-state index in [0.717, 1.165) is 48.0 Å². The number of hydrogen-bond acceptors (Lipinski definition) is 2. The highest BCUT2D eigenvalue weighted by molar-refractivity contribution is 6.21. The Morgan fingerprint density at radius 3 is 0.878 bits per heavy atom. The van der Waals surface area contributed by atoms with Gasteiger partial charge in [-0.25, -0.2) is 0 Å². The van der Waals surface area contributed by atoms with Crippen molar-refractivity contribution in [1.29, 1.82) is 0 Å². The Balaban J connectivity index is 1.09. The van der Waals surface area contributed by atoms with Gasteiger partial charge in [0, 0.05) is 43.5 Å². The molecule has 2 aromatic heterocycles. The minimum Gasteiger partial charge on any atom is -0.455 e. The normalized spacial score (nSPS) is 13.6. The Morgan fingerprint density at radius 1 is 0.256 bits per heavy atom. The summed E-state index contributed by atoms with van der Waals surface area (Å²) in [5.41, 5.74) is 25.4. The van der Waals surface area contributed by atoms with Crippen molar-refractivity contribution >= 4 is 43.9 Å². The average molecular weight is 1190 g/mol. The van der Waals surface area contributed by atoms with E-state index in [2.05, 4.69) is 210 Å². The summed E-state index contributed by atoms with van der Waals surface area (Å²) in [5.74, 6) is 0. The van der Waals surface area contributed by atoms with Crippen LogP contribution in [0.2, 0.25) is 0 Å². The molecule has 462 valence electrons. The van der Waals surface area contributed by atoms with Crippen LogP contribution in [0.15, 0.2) is 191 Å². The fourth-order valence-electron chi connectivity index (χ4n) is 16.7. The number of rotatable bonds is 32. The molecule has 11 aromatic rings. The Bertz CT molecular complexity index is 3870. The van der Waals surface area contributed by atoms with Crippen LogP contribution in [0.4, 0.5) is 0 Å². The molecule has 0 aliphatic heterocycles. The van der Waals surface area contributed by atoms with Crippen LogP contribution < -0.4 is 0 Å². The molecular formula is C88H98O2. The Labute approximate surface area is 538 Å². The van der Waals surface area contributed by atoms with Crippen LogP contribution in [0.5, 0.6) is 0 Å². The van der Waals surface area contributed by atoms with E-state index >= 15 is 0 Å². The lowest BCUT2D eigenvalue weighted by Gasteiger charge is -2.35. The van der Waals surface area contributed by atoms with Gasteiger partial charge in [-0.3, -0.25) is 0 Å². The number of furan rings is 2. The molecule has 0 N–H and O–H groups in total. The molecule has 0 atom stereocenters. The van der Waals surface area contributed by atoms with Gasteiger partial charge in [0.2, 0.25) is 0 Å². The summed E-state index contributed by atoms with van der Waals surface area (Å²) in [7, 11) is 0. The molecule has 90 heavy (non-hydrogen) atoms. The van der Waals surface area contributed by atoms with Crippen LogP contribution in [0.1, 0.15) is 230 Å². The van der Waals surface area contributed by atoms with Crippen molar-refractivity contribution in [2.24, 2.45) is 0 Å². The molecule has 0 fully saturated rings. The molecule has 0 bridgehead atoms. The summed E-state index contributed by atoms with van der Waals surface area (Å²) in [4.78, 5) is 0. The Hall–Kier alpha value is -7.42. The standard InChI is InChI=1S/C88H98O2/c1-5-9-13-17-21-35-55-87(56-36-22-18-14-10-6-2)75-61-74-76(62-73(75)81-77(87)59-71(85-83(81)69-43-31-33-45-79(69)89-85)67-51-47-65(48-52-67)63-39-27-25-28-40-63)88(57-37-23-19-15-11-7-3,58-38-24-20-16-12-8-4)78-60-72(68-53-49-66(50-54-68)64-41-29-26-30-42-64)86-84(82(74)78)70-44-32-34-46-80(70)90-86/h25-34,39-54,59-62H,5-24,35-38,55-58H2,1-4H3. The largest absolute Gasteiger partial charge is 0.455 e. The summed E-state index contributed by atoms with van der Waals surface area (Å²) in [5, 5.41) is 5.07.